The molecule has 9 heteroatoms. The van der Waals surface area contributed by atoms with Crippen LogP contribution >= 0.6 is 0 Å². The molecular formula is C15H18F3N3O3. The molecule has 0 radical (unpaired) electrons. The van der Waals surface area contributed by atoms with Gasteiger partial charge in [-0.25, -0.2) is 4.79 Å². The van der Waals surface area contributed by atoms with Gasteiger partial charge in [-0.3, -0.25) is 9.69 Å². The van der Waals surface area contributed by atoms with E-state index in [0.29, 0.717) is 13.1 Å². The Balaban J connectivity index is 1.99. The van der Waals surface area contributed by atoms with Gasteiger partial charge in [0.15, 0.2) is 0 Å². The van der Waals surface area contributed by atoms with Crippen LogP contribution in [0, 0.1) is 0 Å². The van der Waals surface area contributed by atoms with Gasteiger partial charge < -0.3 is 15.7 Å². The van der Waals surface area contributed by atoms with Gasteiger partial charge in [-0.1, -0.05) is 0 Å². The van der Waals surface area contributed by atoms with Crippen LogP contribution in [0.2, 0.25) is 0 Å². The summed E-state index contributed by atoms with van der Waals surface area (Å²) in [4.78, 5) is 24.0. The molecule has 132 valence electrons. The third kappa shape index (κ3) is 4.68. The number of carbonyl (C=O) groups excluding carboxylic acids is 1. The molecule has 1 saturated heterocycles. The first-order valence-corrected chi connectivity index (χ1v) is 7.42. The number of benzene rings is 1. The van der Waals surface area contributed by atoms with Crippen LogP contribution in [0.25, 0.3) is 0 Å². The molecule has 2 rings (SSSR count). The maximum atomic E-state index is 13.2. The molecule has 1 aliphatic heterocycles. The lowest BCUT2D eigenvalue weighted by atomic mass is 10.1. The van der Waals surface area contributed by atoms with Gasteiger partial charge in [0, 0.05) is 38.3 Å². The maximum Gasteiger partial charge on any atom is 0.405 e. The van der Waals surface area contributed by atoms with Crippen LogP contribution < -0.4 is 10.6 Å². The molecule has 1 unspecified atom stereocenters. The second-order valence-electron chi connectivity index (χ2n) is 5.44. The van der Waals surface area contributed by atoms with Crippen LogP contribution in [0.4, 0.5) is 13.2 Å². The molecule has 0 aromatic heterocycles. The van der Waals surface area contributed by atoms with Crippen LogP contribution in [0.5, 0.6) is 0 Å². The van der Waals surface area contributed by atoms with Crippen molar-refractivity contribution in [2.75, 3.05) is 32.7 Å². The minimum atomic E-state index is -4.45. The number of alkyl halides is 3. The summed E-state index contributed by atoms with van der Waals surface area (Å²) in [6, 6.07) is 3.25. The summed E-state index contributed by atoms with van der Waals surface area (Å²) < 4.78 is 39.7. The number of hydrogen-bond acceptors (Lipinski definition) is 4. The van der Waals surface area contributed by atoms with Gasteiger partial charge in [0.1, 0.15) is 6.04 Å². The normalized spacial score (nSPS) is 17.3. The molecule has 1 aliphatic rings. The Morgan fingerprint density at radius 3 is 2.21 bits per heavy atom. The predicted octanol–water partition coefficient (Wildman–Crippen LogP) is 0.951. The zero-order valence-electron chi connectivity index (χ0n) is 12.8. The first kappa shape index (κ1) is 18.2. The van der Waals surface area contributed by atoms with E-state index in [0.717, 1.165) is 0 Å². The molecule has 1 fully saturated rings. The van der Waals surface area contributed by atoms with Crippen molar-refractivity contribution >= 4 is 11.9 Å². The van der Waals surface area contributed by atoms with Crippen molar-refractivity contribution in [1.29, 1.82) is 0 Å². The van der Waals surface area contributed by atoms with E-state index in [4.69, 9.17) is 5.11 Å². The zero-order valence-corrected chi connectivity index (χ0v) is 12.8. The van der Waals surface area contributed by atoms with Crippen LogP contribution in [0.1, 0.15) is 20.7 Å². The smallest absolute Gasteiger partial charge is 0.405 e. The number of piperazine rings is 1. The SMILES string of the molecule is O=C(O)c1ccc(C(=O)NCC(N2CCNCC2)C(F)(F)F)cc1. The molecule has 1 aromatic rings. The molecule has 1 amide bonds. The number of nitrogens with one attached hydrogen (secondary N) is 2. The van der Waals surface area contributed by atoms with Crippen molar-refractivity contribution in [3.63, 3.8) is 0 Å². The molecule has 3 N–H and O–H groups in total. The third-order valence-corrected chi connectivity index (χ3v) is 3.82. The van der Waals surface area contributed by atoms with E-state index < -0.39 is 30.6 Å². The summed E-state index contributed by atoms with van der Waals surface area (Å²) in [7, 11) is 0. The molecule has 24 heavy (non-hydrogen) atoms. The number of nitrogens with zero attached hydrogens (tertiary/aromatic N) is 1. The summed E-state index contributed by atoms with van der Waals surface area (Å²) in [5, 5.41) is 14.1. The van der Waals surface area contributed by atoms with Gasteiger partial charge in [0.2, 0.25) is 0 Å². The molecule has 0 saturated carbocycles. The van der Waals surface area contributed by atoms with E-state index in [1.807, 2.05) is 0 Å². The van der Waals surface area contributed by atoms with Gasteiger partial charge in [-0.15, -0.1) is 0 Å². The van der Waals surface area contributed by atoms with Crippen molar-refractivity contribution in [3.8, 4) is 0 Å². The maximum absolute atomic E-state index is 13.2. The molecule has 1 atom stereocenters. The van der Waals surface area contributed by atoms with Crippen molar-refractivity contribution < 1.29 is 27.9 Å². The van der Waals surface area contributed by atoms with Crippen molar-refractivity contribution in [1.82, 2.24) is 15.5 Å². The Morgan fingerprint density at radius 1 is 1.17 bits per heavy atom. The second kappa shape index (κ2) is 7.63. The lowest BCUT2D eigenvalue weighted by Crippen LogP contribution is -2.57. The summed E-state index contributed by atoms with van der Waals surface area (Å²) >= 11 is 0. The highest BCUT2D eigenvalue weighted by Gasteiger charge is 2.43. The molecule has 1 aromatic carbocycles. The lowest BCUT2D eigenvalue weighted by molar-refractivity contribution is -0.183. The summed E-state index contributed by atoms with van der Waals surface area (Å²) in [6.45, 7) is 0.901. The average Bonchev–Trinajstić information content (AvgIpc) is 2.54. The van der Waals surface area contributed by atoms with Crippen LogP contribution in [-0.2, 0) is 0 Å². The van der Waals surface area contributed by atoms with E-state index in [-0.39, 0.29) is 24.2 Å². The largest absolute Gasteiger partial charge is 0.478 e. The fraction of sp³-hybridized carbons (Fsp3) is 0.467. The number of carboxylic acid groups (broad SMARTS) is 1. The first-order chi connectivity index (χ1) is 11.3. The average molecular weight is 345 g/mol. The summed E-state index contributed by atoms with van der Waals surface area (Å²) in [6.07, 6.45) is -4.45. The summed E-state index contributed by atoms with van der Waals surface area (Å²) in [5.74, 6) is -1.81. The number of carboxylic acids is 1. The Hall–Kier alpha value is -2.13. The van der Waals surface area contributed by atoms with E-state index in [2.05, 4.69) is 10.6 Å². The minimum absolute atomic E-state index is 0.000495. The Kier molecular flexibility index (Phi) is 5.79. The zero-order chi connectivity index (χ0) is 17.7. The quantitative estimate of drug-likeness (QED) is 0.740. The molecular weight excluding hydrogens is 327 g/mol. The number of amides is 1. The predicted molar refractivity (Wildman–Crippen MR) is 80.0 cm³/mol. The van der Waals surface area contributed by atoms with E-state index in [1.165, 1.54) is 29.2 Å². The molecule has 0 spiro atoms. The monoisotopic (exact) mass is 345 g/mol. The lowest BCUT2D eigenvalue weighted by Gasteiger charge is -2.35. The minimum Gasteiger partial charge on any atom is -0.478 e. The van der Waals surface area contributed by atoms with E-state index in [1.54, 1.807) is 0 Å². The topological polar surface area (TPSA) is 81.7 Å². The fourth-order valence-corrected chi connectivity index (χ4v) is 2.50. The van der Waals surface area contributed by atoms with Gasteiger partial charge in [0.05, 0.1) is 5.56 Å². The molecule has 0 aliphatic carbocycles. The Morgan fingerprint density at radius 2 is 1.71 bits per heavy atom. The number of carbonyl (C=O) groups is 2. The first-order valence-electron chi connectivity index (χ1n) is 7.42. The number of aromatic carboxylic acids is 1. The standard InChI is InChI=1S/C15H18F3N3O3/c16-15(17,18)12(21-7-5-19-6-8-21)9-20-13(22)10-1-3-11(4-2-10)14(23)24/h1-4,12,19H,5-9H2,(H,20,22)(H,23,24). The van der Waals surface area contributed by atoms with Crippen LogP contribution in [0.15, 0.2) is 24.3 Å². The molecule has 1 heterocycles. The van der Waals surface area contributed by atoms with Crippen molar-refractivity contribution in [2.45, 2.75) is 12.2 Å². The van der Waals surface area contributed by atoms with Gasteiger partial charge in [0.25, 0.3) is 5.91 Å². The van der Waals surface area contributed by atoms with Crippen LogP contribution in [-0.4, -0.2) is 66.8 Å². The Bertz CT molecular complexity index is 584. The fourth-order valence-electron chi connectivity index (χ4n) is 2.50. The highest BCUT2D eigenvalue weighted by molar-refractivity contribution is 5.95. The van der Waals surface area contributed by atoms with Crippen LogP contribution in [0.3, 0.4) is 0 Å². The summed E-state index contributed by atoms with van der Waals surface area (Å²) in [5.41, 5.74) is 0.113. The van der Waals surface area contributed by atoms with Gasteiger partial charge in [-0.05, 0) is 24.3 Å². The van der Waals surface area contributed by atoms with Crippen molar-refractivity contribution in [2.24, 2.45) is 0 Å². The van der Waals surface area contributed by atoms with E-state index >= 15 is 0 Å². The molecule has 0 bridgehead atoms. The van der Waals surface area contributed by atoms with Gasteiger partial charge in [-0.2, -0.15) is 13.2 Å². The third-order valence-electron chi connectivity index (χ3n) is 3.82. The van der Waals surface area contributed by atoms with E-state index in [9.17, 15) is 22.8 Å². The number of rotatable bonds is 5. The second-order valence-corrected chi connectivity index (χ2v) is 5.44. The van der Waals surface area contributed by atoms with Crippen molar-refractivity contribution in [3.05, 3.63) is 35.4 Å². The Labute approximate surface area is 136 Å². The number of halogens is 3. The molecule has 6 nitrogen and oxygen atoms in total. The highest BCUT2D eigenvalue weighted by atomic mass is 19.4. The number of hydrogen-bond donors (Lipinski definition) is 3. The highest BCUT2D eigenvalue weighted by Crippen LogP contribution is 2.24. The van der Waals surface area contributed by atoms with Gasteiger partial charge >= 0.3 is 12.1 Å².